The first kappa shape index (κ1) is 8.91. The van der Waals surface area contributed by atoms with Crippen LogP contribution in [0.4, 0.5) is 0 Å². The van der Waals surface area contributed by atoms with Crippen LogP contribution in [0.3, 0.4) is 0 Å². The topological polar surface area (TPSA) is 38.4 Å². The average Bonchev–Trinajstić information content (AvgIpc) is 2.15. The molecule has 1 aliphatic heterocycles. The first-order chi connectivity index (χ1) is 5.33. The minimum Gasteiger partial charge on any atom is -0.387 e. The van der Waals surface area contributed by atoms with Gasteiger partial charge in [-0.25, -0.2) is 0 Å². The van der Waals surface area contributed by atoms with E-state index in [9.17, 15) is 0 Å². The Kier molecular flexibility index (Phi) is 3.77. The van der Waals surface area contributed by atoms with Crippen molar-refractivity contribution in [3.63, 3.8) is 0 Å². The van der Waals surface area contributed by atoms with Crippen molar-refractivity contribution in [3.8, 4) is 0 Å². The van der Waals surface area contributed by atoms with Crippen molar-refractivity contribution in [2.45, 2.75) is 32.2 Å². The molecule has 0 aromatic rings. The van der Waals surface area contributed by atoms with Crippen molar-refractivity contribution in [2.24, 2.45) is 10.7 Å². The lowest BCUT2D eigenvalue weighted by Crippen LogP contribution is -2.15. The van der Waals surface area contributed by atoms with Gasteiger partial charge in [-0.2, -0.15) is 11.8 Å². The van der Waals surface area contributed by atoms with Gasteiger partial charge in [0.25, 0.3) is 0 Å². The normalized spacial score (nSPS) is 25.9. The SMILES string of the molecule is CCC[C@H]1CSCCC(N)=N1. The zero-order valence-electron chi connectivity index (χ0n) is 7.05. The lowest BCUT2D eigenvalue weighted by atomic mass is 10.2. The summed E-state index contributed by atoms with van der Waals surface area (Å²) in [5.74, 6) is 3.16. The van der Waals surface area contributed by atoms with E-state index in [2.05, 4.69) is 11.9 Å². The largest absolute Gasteiger partial charge is 0.387 e. The van der Waals surface area contributed by atoms with E-state index in [1.807, 2.05) is 11.8 Å². The van der Waals surface area contributed by atoms with Crippen LogP contribution in [0.15, 0.2) is 4.99 Å². The Morgan fingerprint density at radius 3 is 3.27 bits per heavy atom. The maximum atomic E-state index is 5.69. The first-order valence-electron chi connectivity index (χ1n) is 4.22. The van der Waals surface area contributed by atoms with E-state index >= 15 is 0 Å². The van der Waals surface area contributed by atoms with Gasteiger partial charge in [-0.3, -0.25) is 4.99 Å². The third kappa shape index (κ3) is 3.14. The summed E-state index contributed by atoms with van der Waals surface area (Å²) in [6.45, 7) is 2.20. The Bertz CT molecular complexity index is 145. The quantitative estimate of drug-likeness (QED) is 0.688. The van der Waals surface area contributed by atoms with Gasteiger partial charge in [0.1, 0.15) is 0 Å². The molecule has 64 valence electrons. The molecule has 0 spiro atoms. The van der Waals surface area contributed by atoms with Crippen molar-refractivity contribution < 1.29 is 0 Å². The molecule has 1 aliphatic rings. The van der Waals surface area contributed by atoms with Crippen LogP contribution in [0.25, 0.3) is 0 Å². The van der Waals surface area contributed by atoms with Crippen LogP contribution in [-0.4, -0.2) is 23.4 Å². The molecule has 0 fully saturated rings. The maximum absolute atomic E-state index is 5.69. The summed E-state index contributed by atoms with van der Waals surface area (Å²) in [5, 5.41) is 0. The fourth-order valence-electron chi connectivity index (χ4n) is 1.21. The highest BCUT2D eigenvalue weighted by atomic mass is 32.2. The predicted octanol–water partition coefficient (Wildman–Crippen LogP) is 1.65. The van der Waals surface area contributed by atoms with Crippen LogP contribution in [0.5, 0.6) is 0 Å². The second-order valence-corrected chi connectivity index (χ2v) is 4.04. The van der Waals surface area contributed by atoms with E-state index in [4.69, 9.17) is 5.73 Å². The predicted molar refractivity (Wildman–Crippen MR) is 52.3 cm³/mol. The van der Waals surface area contributed by atoms with E-state index in [1.165, 1.54) is 12.8 Å². The highest BCUT2D eigenvalue weighted by molar-refractivity contribution is 7.99. The zero-order chi connectivity index (χ0) is 8.10. The molecule has 1 atom stereocenters. The Labute approximate surface area is 72.6 Å². The Balaban J connectivity index is 2.42. The molecular weight excluding hydrogens is 156 g/mol. The van der Waals surface area contributed by atoms with Gasteiger partial charge in [0, 0.05) is 17.9 Å². The van der Waals surface area contributed by atoms with Crippen LogP contribution in [0.2, 0.25) is 0 Å². The van der Waals surface area contributed by atoms with Crippen molar-refractivity contribution in [1.29, 1.82) is 0 Å². The lowest BCUT2D eigenvalue weighted by molar-refractivity contribution is 0.663. The molecule has 2 nitrogen and oxygen atoms in total. The number of rotatable bonds is 2. The van der Waals surface area contributed by atoms with Gasteiger partial charge in [0.15, 0.2) is 0 Å². The molecular formula is C8H16N2S. The number of hydrogen-bond acceptors (Lipinski definition) is 3. The van der Waals surface area contributed by atoms with Crippen molar-refractivity contribution in [2.75, 3.05) is 11.5 Å². The van der Waals surface area contributed by atoms with Crippen LogP contribution >= 0.6 is 11.8 Å². The molecule has 0 radical (unpaired) electrons. The molecule has 1 rings (SSSR count). The standard InChI is InChI=1S/C8H16N2S/c1-2-3-7-6-11-5-4-8(9)10-7/h7H,2-6H2,1H3,(H2,9,10)/t7-/m0/s1. The van der Waals surface area contributed by atoms with E-state index in [-0.39, 0.29) is 0 Å². The van der Waals surface area contributed by atoms with E-state index in [0.29, 0.717) is 6.04 Å². The summed E-state index contributed by atoms with van der Waals surface area (Å²) in [7, 11) is 0. The number of hydrogen-bond donors (Lipinski definition) is 1. The van der Waals surface area contributed by atoms with Gasteiger partial charge >= 0.3 is 0 Å². The zero-order valence-corrected chi connectivity index (χ0v) is 7.86. The minimum atomic E-state index is 0.493. The van der Waals surface area contributed by atoms with Crippen molar-refractivity contribution in [1.82, 2.24) is 0 Å². The molecule has 1 heterocycles. The first-order valence-corrected chi connectivity index (χ1v) is 5.38. The van der Waals surface area contributed by atoms with E-state index in [0.717, 1.165) is 23.8 Å². The number of thioether (sulfide) groups is 1. The second-order valence-electron chi connectivity index (χ2n) is 2.89. The molecule has 0 unspecified atom stereocenters. The van der Waals surface area contributed by atoms with Crippen LogP contribution < -0.4 is 5.73 Å². The van der Waals surface area contributed by atoms with E-state index in [1.54, 1.807) is 0 Å². The second kappa shape index (κ2) is 4.65. The highest BCUT2D eigenvalue weighted by Crippen LogP contribution is 2.15. The minimum absolute atomic E-state index is 0.493. The molecule has 3 heteroatoms. The number of amidine groups is 1. The fraction of sp³-hybridized carbons (Fsp3) is 0.875. The Hall–Kier alpha value is -0.180. The Morgan fingerprint density at radius 1 is 1.73 bits per heavy atom. The van der Waals surface area contributed by atoms with Gasteiger partial charge in [0.05, 0.1) is 11.9 Å². The maximum Gasteiger partial charge on any atom is 0.0949 e. The molecule has 0 aromatic heterocycles. The van der Waals surface area contributed by atoms with Gasteiger partial charge in [-0.15, -0.1) is 0 Å². The molecule has 0 amide bonds. The lowest BCUT2D eigenvalue weighted by Gasteiger charge is -2.07. The van der Waals surface area contributed by atoms with E-state index < -0.39 is 0 Å². The number of nitrogens with zero attached hydrogens (tertiary/aromatic N) is 1. The summed E-state index contributed by atoms with van der Waals surface area (Å²) in [6, 6.07) is 0.493. The molecule has 0 bridgehead atoms. The molecule has 0 saturated heterocycles. The summed E-state index contributed by atoms with van der Waals surface area (Å²) in [4.78, 5) is 4.44. The third-order valence-electron chi connectivity index (χ3n) is 1.78. The fourth-order valence-corrected chi connectivity index (χ4v) is 2.25. The van der Waals surface area contributed by atoms with Gasteiger partial charge in [0.2, 0.25) is 0 Å². The summed E-state index contributed by atoms with van der Waals surface area (Å²) >= 11 is 1.97. The van der Waals surface area contributed by atoms with Crippen molar-refractivity contribution in [3.05, 3.63) is 0 Å². The third-order valence-corrected chi connectivity index (χ3v) is 2.90. The van der Waals surface area contributed by atoms with Gasteiger partial charge in [-0.05, 0) is 6.42 Å². The molecule has 0 aliphatic carbocycles. The highest BCUT2D eigenvalue weighted by Gasteiger charge is 2.10. The molecule has 0 saturated carbocycles. The summed E-state index contributed by atoms with van der Waals surface area (Å²) in [6.07, 6.45) is 3.38. The van der Waals surface area contributed by atoms with Crippen LogP contribution in [0.1, 0.15) is 26.2 Å². The number of aliphatic imine (C=N–C) groups is 1. The van der Waals surface area contributed by atoms with Gasteiger partial charge < -0.3 is 5.73 Å². The average molecular weight is 172 g/mol. The monoisotopic (exact) mass is 172 g/mol. The smallest absolute Gasteiger partial charge is 0.0949 e. The summed E-state index contributed by atoms with van der Waals surface area (Å²) < 4.78 is 0. The summed E-state index contributed by atoms with van der Waals surface area (Å²) in [5.41, 5.74) is 5.69. The molecule has 0 aromatic carbocycles. The molecule has 11 heavy (non-hydrogen) atoms. The number of nitrogens with two attached hydrogens (primary N) is 1. The van der Waals surface area contributed by atoms with Crippen LogP contribution in [0, 0.1) is 0 Å². The molecule has 2 N–H and O–H groups in total. The van der Waals surface area contributed by atoms with Gasteiger partial charge in [-0.1, -0.05) is 13.3 Å². The van der Waals surface area contributed by atoms with Crippen LogP contribution in [-0.2, 0) is 0 Å². The van der Waals surface area contributed by atoms with Crippen molar-refractivity contribution >= 4 is 17.6 Å². The Morgan fingerprint density at radius 2 is 2.55 bits per heavy atom.